The van der Waals surface area contributed by atoms with Gasteiger partial charge in [0.25, 0.3) is 6.43 Å². The normalized spacial score (nSPS) is 14.6. The number of pyridine rings is 1. The maximum atomic E-state index is 12.7. The van der Waals surface area contributed by atoms with Crippen LogP contribution in [0.3, 0.4) is 0 Å². The lowest BCUT2D eigenvalue weighted by atomic mass is 9.92. The quantitative estimate of drug-likeness (QED) is 0.407. The predicted molar refractivity (Wildman–Crippen MR) is 128 cm³/mol. The van der Waals surface area contributed by atoms with Gasteiger partial charge in [0, 0.05) is 41.5 Å². The molecule has 0 unspecified atom stereocenters. The van der Waals surface area contributed by atoms with E-state index in [0.29, 0.717) is 23.3 Å². The van der Waals surface area contributed by atoms with Gasteiger partial charge in [-0.05, 0) is 50.0 Å². The molecule has 3 heterocycles. The lowest BCUT2D eigenvalue weighted by Crippen LogP contribution is -2.33. The third-order valence-corrected chi connectivity index (χ3v) is 5.56. The lowest BCUT2D eigenvalue weighted by molar-refractivity contribution is 0.190. The zero-order valence-electron chi connectivity index (χ0n) is 18.4. The van der Waals surface area contributed by atoms with Gasteiger partial charge in [0.2, 0.25) is 0 Å². The molecule has 170 valence electrons. The standard InChI is InChI=1S/C25H26F2N6/c1-16(23(26)27)7-4-8-17(2)24-31-25(22-11-6-14-33(22)32-24)30-21-12-13-28-15-20(21)18(3)29-19-9-5-10-19/h4,6-8,11-15,19,23,29H,2-3,5,9-10H2,1H3,(H,28,30,31,32)/b8-4-,16-7+. The molecule has 0 aliphatic heterocycles. The van der Waals surface area contributed by atoms with Crippen molar-refractivity contribution in [2.45, 2.75) is 38.7 Å². The molecule has 1 aliphatic rings. The number of fused-ring (bicyclic) bond motifs is 1. The first kappa shape index (κ1) is 22.4. The van der Waals surface area contributed by atoms with Crippen LogP contribution in [0.25, 0.3) is 16.8 Å². The van der Waals surface area contributed by atoms with Crippen molar-refractivity contribution < 1.29 is 8.78 Å². The third-order valence-electron chi connectivity index (χ3n) is 5.56. The van der Waals surface area contributed by atoms with Crippen molar-refractivity contribution in [3.8, 4) is 0 Å². The monoisotopic (exact) mass is 448 g/mol. The van der Waals surface area contributed by atoms with Crippen molar-refractivity contribution in [2.75, 3.05) is 5.32 Å². The Hall–Kier alpha value is -3.81. The van der Waals surface area contributed by atoms with Gasteiger partial charge in [-0.1, -0.05) is 31.4 Å². The summed E-state index contributed by atoms with van der Waals surface area (Å²) in [6, 6.07) is 6.10. The Morgan fingerprint density at radius 2 is 2.09 bits per heavy atom. The molecule has 0 radical (unpaired) electrons. The molecule has 3 aromatic rings. The van der Waals surface area contributed by atoms with Gasteiger partial charge in [-0.2, -0.15) is 0 Å². The van der Waals surface area contributed by atoms with Gasteiger partial charge in [-0.25, -0.2) is 18.3 Å². The third kappa shape index (κ3) is 5.16. The molecule has 1 fully saturated rings. The van der Waals surface area contributed by atoms with Crippen molar-refractivity contribution in [1.29, 1.82) is 0 Å². The van der Waals surface area contributed by atoms with Gasteiger partial charge < -0.3 is 10.6 Å². The van der Waals surface area contributed by atoms with E-state index >= 15 is 0 Å². The highest BCUT2D eigenvalue weighted by Gasteiger charge is 2.19. The number of halogens is 2. The largest absolute Gasteiger partial charge is 0.382 e. The number of hydrogen-bond acceptors (Lipinski definition) is 5. The summed E-state index contributed by atoms with van der Waals surface area (Å²) >= 11 is 0. The van der Waals surface area contributed by atoms with Crippen LogP contribution in [0.1, 0.15) is 37.6 Å². The molecular weight excluding hydrogens is 422 g/mol. The Labute approximate surface area is 191 Å². The molecule has 33 heavy (non-hydrogen) atoms. The Morgan fingerprint density at radius 1 is 1.27 bits per heavy atom. The summed E-state index contributed by atoms with van der Waals surface area (Å²) in [5.74, 6) is 0.963. The molecule has 0 spiro atoms. The van der Waals surface area contributed by atoms with E-state index in [1.165, 1.54) is 25.5 Å². The van der Waals surface area contributed by atoms with E-state index in [-0.39, 0.29) is 5.57 Å². The van der Waals surface area contributed by atoms with Crippen LogP contribution in [-0.2, 0) is 0 Å². The van der Waals surface area contributed by atoms with E-state index in [4.69, 9.17) is 0 Å². The molecule has 0 saturated heterocycles. The minimum absolute atomic E-state index is 0.0239. The molecule has 0 bridgehead atoms. The second-order valence-electron chi connectivity index (χ2n) is 8.01. The van der Waals surface area contributed by atoms with Gasteiger partial charge in [-0.15, -0.1) is 5.10 Å². The van der Waals surface area contributed by atoms with Crippen LogP contribution >= 0.6 is 0 Å². The average molecular weight is 449 g/mol. The van der Waals surface area contributed by atoms with Gasteiger partial charge in [-0.3, -0.25) is 4.98 Å². The van der Waals surface area contributed by atoms with E-state index in [2.05, 4.69) is 38.9 Å². The second kappa shape index (κ2) is 9.77. The van der Waals surface area contributed by atoms with Crippen LogP contribution in [0.15, 0.2) is 73.7 Å². The Balaban J connectivity index is 1.62. The molecule has 2 N–H and O–H groups in total. The molecule has 1 saturated carbocycles. The summed E-state index contributed by atoms with van der Waals surface area (Å²) in [5, 5.41) is 11.3. The van der Waals surface area contributed by atoms with Crippen molar-refractivity contribution in [3.63, 3.8) is 0 Å². The summed E-state index contributed by atoms with van der Waals surface area (Å²) in [7, 11) is 0. The molecule has 4 rings (SSSR count). The topological polar surface area (TPSA) is 67.1 Å². The first-order chi connectivity index (χ1) is 15.9. The van der Waals surface area contributed by atoms with E-state index in [1.807, 2.05) is 24.4 Å². The number of aromatic nitrogens is 4. The maximum absolute atomic E-state index is 12.7. The number of rotatable bonds is 9. The van der Waals surface area contributed by atoms with E-state index in [9.17, 15) is 8.78 Å². The highest BCUT2D eigenvalue weighted by Crippen LogP contribution is 2.28. The summed E-state index contributed by atoms with van der Waals surface area (Å²) in [4.78, 5) is 8.91. The zero-order valence-corrected chi connectivity index (χ0v) is 18.4. The maximum Gasteiger partial charge on any atom is 0.259 e. The molecule has 6 nitrogen and oxygen atoms in total. The summed E-state index contributed by atoms with van der Waals surface area (Å²) in [5.41, 5.74) is 3.74. The molecule has 0 aromatic carbocycles. The molecule has 3 aromatic heterocycles. The second-order valence-corrected chi connectivity index (χ2v) is 8.01. The Bertz CT molecular complexity index is 1240. The van der Waals surface area contributed by atoms with E-state index in [0.717, 1.165) is 35.3 Å². The lowest BCUT2D eigenvalue weighted by Gasteiger charge is -2.29. The molecular formula is C25H26F2N6. The van der Waals surface area contributed by atoms with Crippen LogP contribution in [-0.4, -0.2) is 32.0 Å². The van der Waals surface area contributed by atoms with Crippen molar-refractivity contribution in [3.05, 3.63) is 85.1 Å². The fourth-order valence-electron chi connectivity index (χ4n) is 3.37. The average Bonchev–Trinajstić information content (AvgIpc) is 3.25. The number of nitrogens with zero attached hydrogens (tertiary/aromatic N) is 4. The predicted octanol–water partition coefficient (Wildman–Crippen LogP) is 5.76. The molecule has 1 aliphatic carbocycles. The first-order valence-corrected chi connectivity index (χ1v) is 10.8. The van der Waals surface area contributed by atoms with Crippen LogP contribution < -0.4 is 10.6 Å². The highest BCUT2D eigenvalue weighted by molar-refractivity contribution is 5.81. The van der Waals surface area contributed by atoms with Crippen molar-refractivity contribution >= 4 is 28.3 Å². The first-order valence-electron chi connectivity index (χ1n) is 10.8. The number of allylic oxidation sites excluding steroid dienone is 5. The van der Waals surface area contributed by atoms with E-state index in [1.54, 1.807) is 23.0 Å². The highest BCUT2D eigenvalue weighted by atomic mass is 19.3. The van der Waals surface area contributed by atoms with Crippen LogP contribution in [0, 0.1) is 0 Å². The van der Waals surface area contributed by atoms with Crippen molar-refractivity contribution in [2.24, 2.45) is 0 Å². The van der Waals surface area contributed by atoms with E-state index < -0.39 is 6.43 Å². The zero-order chi connectivity index (χ0) is 23.4. The Morgan fingerprint density at radius 3 is 2.82 bits per heavy atom. The van der Waals surface area contributed by atoms with Gasteiger partial charge in [0.05, 0.1) is 5.69 Å². The molecule has 8 heteroatoms. The fraction of sp³-hybridized carbons (Fsp3) is 0.240. The number of hydrogen-bond donors (Lipinski definition) is 2. The van der Waals surface area contributed by atoms with Gasteiger partial charge in [0.1, 0.15) is 5.52 Å². The van der Waals surface area contributed by atoms with Crippen LogP contribution in [0.5, 0.6) is 0 Å². The van der Waals surface area contributed by atoms with Crippen molar-refractivity contribution in [1.82, 2.24) is 24.9 Å². The van der Waals surface area contributed by atoms with Gasteiger partial charge in [0.15, 0.2) is 11.6 Å². The number of nitrogens with one attached hydrogen (secondary N) is 2. The van der Waals surface area contributed by atoms with Gasteiger partial charge >= 0.3 is 0 Å². The van der Waals surface area contributed by atoms with Crippen LogP contribution in [0.2, 0.25) is 0 Å². The smallest absolute Gasteiger partial charge is 0.259 e. The van der Waals surface area contributed by atoms with Crippen LogP contribution in [0.4, 0.5) is 20.3 Å². The minimum atomic E-state index is -2.49. The number of anilines is 2. The minimum Gasteiger partial charge on any atom is -0.382 e. The summed E-state index contributed by atoms with van der Waals surface area (Å²) in [6.45, 7) is 9.57. The SMILES string of the molecule is C=C(/C=C\C=C(/C)C(F)F)c1nc(Nc2ccncc2C(=C)NC2CCC2)c2cccn2n1. The number of alkyl halides is 2. The molecule has 0 amide bonds. The Kier molecular flexibility index (Phi) is 6.63. The fourth-order valence-corrected chi connectivity index (χ4v) is 3.37. The summed E-state index contributed by atoms with van der Waals surface area (Å²) in [6.07, 6.45) is 10.8. The summed E-state index contributed by atoms with van der Waals surface area (Å²) < 4.78 is 27.1. The molecule has 0 atom stereocenters.